The van der Waals surface area contributed by atoms with Gasteiger partial charge >= 0.3 is 0 Å². The Kier molecular flexibility index (Phi) is 7.11. The van der Waals surface area contributed by atoms with Crippen molar-refractivity contribution in [2.45, 2.75) is 19.3 Å². The maximum Gasteiger partial charge on any atom is 0.160 e. The summed E-state index contributed by atoms with van der Waals surface area (Å²) in [5, 5.41) is 3.39. The van der Waals surface area contributed by atoms with Crippen molar-refractivity contribution in [2.24, 2.45) is 0 Å². The van der Waals surface area contributed by atoms with E-state index in [2.05, 4.69) is 195 Å². The SMILES string of the molecule is CC1(C)c2cccc3c2Oc2c1ccc1cccc(c21)-c1cc(-c2nc(-c4ccccc4)c4sc5ccccc5c4n2)ccc1N3c1cccc(-c2ccccc2)c1. The molecule has 2 aliphatic rings. The van der Waals surface area contributed by atoms with Gasteiger partial charge in [-0.2, -0.15) is 0 Å². The number of thiophene rings is 1. The Morgan fingerprint density at radius 2 is 1.28 bits per heavy atom. The van der Waals surface area contributed by atoms with Gasteiger partial charge in [0.2, 0.25) is 0 Å². The lowest BCUT2D eigenvalue weighted by molar-refractivity contribution is 0.424. The van der Waals surface area contributed by atoms with Crippen LogP contribution in [0.2, 0.25) is 0 Å². The molecule has 2 aliphatic heterocycles. The first-order valence-electron chi connectivity index (χ1n) is 19.7. The summed E-state index contributed by atoms with van der Waals surface area (Å²) in [7, 11) is 0. The zero-order chi connectivity index (χ0) is 38.5. The summed E-state index contributed by atoms with van der Waals surface area (Å²) >= 11 is 1.76. The summed E-state index contributed by atoms with van der Waals surface area (Å²) in [5.41, 5.74) is 13.6. The van der Waals surface area contributed by atoms with E-state index in [0.29, 0.717) is 5.82 Å². The van der Waals surface area contributed by atoms with Crippen LogP contribution in [-0.2, 0) is 5.41 Å². The lowest BCUT2D eigenvalue weighted by Gasteiger charge is -2.37. The Hall–Kier alpha value is -7.08. The van der Waals surface area contributed by atoms with Gasteiger partial charge in [-0.25, -0.2) is 9.97 Å². The van der Waals surface area contributed by atoms with Crippen molar-refractivity contribution < 1.29 is 4.74 Å². The van der Waals surface area contributed by atoms with Crippen molar-refractivity contribution in [3.63, 3.8) is 0 Å². The van der Waals surface area contributed by atoms with Crippen molar-refractivity contribution in [3.05, 3.63) is 187 Å². The fraction of sp³-hybridized carbons (Fsp3) is 0.0566. The molecule has 274 valence electrons. The van der Waals surface area contributed by atoms with E-state index in [9.17, 15) is 0 Å². The first-order chi connectivity index (χ1) is 28.5. The number of fused-ring (bicyclic) bond motifs is 5. The Morgan fingerprint density at radius 3 is 2.14 bits per heavy atom. The summed E-state index contributed by atoms with van der Waals surface area (Å²) in [6.07, 6.45) is 0. The molecule has 0 N–H and O–H groups in total. The summed E-state index contributed by atoms with van der Waals surface area (Å²) < 4.78 is 9.56. The molecule has 2 aromatic heterocycles. The molecule has 0 aliphatic carbocycles. The van der Waals surface area contributed by atoms with E-state index in [1.807, 2.05) is 0 Å². The molecule has 0 spiro atoms. The third-order valence-corrected chi connectivity index (χ3v) is 13.2. The average Bonchev–Trinajstić information content (AvgIpc) is 3.67. The van der Waals surface area contributed by atoms with E-state index in [-0.39, 0.29) is 5.41 Å². The first kappa shape index (κ1) is 33.1. The topological polar surface area (TPSA) is 38.3 Å². The van der Waals surface area contributed by atoms with Crippen molar-refractivity contribution in [2.75, 3.05) is 4.90 Å². The maximum atomic E-state index is 7.26. The van der Waals surface area contributed by atoms with Crippen LogP contribution in [-0.4, -0.2) is 9.97 Å². The smallest absolute Gasteiger partial charge is 0.160 e. The minimum atomic E-state index is -0.306. The average molecular weight is 762 g/mol. The van der Waals surface area contributed by atoms with E-state index in [1.165, 1.54) is 15.8 Å². The Labute approximate surface area is 340 Å². The summed E-state index contributed by atoms with van der Waals surface area (Å²) in [5.74, 6) is 2.50. The number of hydrogen-bond acceptors (Lipinski definition) is 5. The molecule has 12 rings (SSSR count). The minimum absolute atomic E-state index is 0.306. The van der Waals surface area contributed by atoms with Crippen LogP contribution < -0.4 is 9.64 Å². The lowest BCUT2D eigenvalue weighted by atomic mass is 9.74. The van der Waals surface area contributed by atoms with E-state index >= 15 is 0 Å². The van der Waals surface area contributed by atoms with Gasteiger partial charge in [0.05, 0.1) is 27.3 Å². The molecule has 10 aromatic rings. The number of anilines is 3. The van der Waals surface area contributed by atoms with E-state index in [0.717, 1.165) is 94.0 Å². The second kappa shape index (κ2) is 12.5. The van der Waals surface area contributed by atoms with Gasteiger partial charge in [-0.3, -0.25) is 0 Å². The first-order valence-corrected chi connectivity index (χ1v) is 20.6. The van der Waals surface area contributed by atoms with Gasteiger partial charge < -0.3 is 9.64 Å². The Morgan fingerprint density at radius 1 is 0.534 bits per heavy atom. The molecular formula is C53H35N3OS. The molecule has 0 unspecified atom stereocenters. The molecule has 8 aromatic carbocycles. The highest BCUT2D eigenvalue weighted by Gasteiger charge is 2.39. The molecule has 4 nitrogen and oxygen atoms in total. The third-order valence-electron chi connectivity index (χ3n) is 12.0. The molecule has 58 heavy (non-hydrogen) atoms. The second-order valence-electron chi connectivity index (χ2n) is 15.7. The van der Waals surface area contributed by atoms with Crippen LogP contribution in [0.1, 0.15) is 25.0 Å². The number of para-hydroxylation sites is 1. The van der Waals surface area contributed by atoms with Gasteiger partial charge in [0, 0.05) is 54.4 Å². The molecule has 0 saturated carbocycles. The van der Waals surface area contributed by atoms with Crippen LogP contribution in [0.3, 0.4) is 0 Å². The maximum absolute atomic E-state index is 7.26. The molecule has 2 bridgehead atoms. The second-order valence-corrected chi connectivity index (χ2v) is 16.8. The third kappa shape index (κ3) is 4.87. The predicted molar refractivity (Wildman–Crippen MR) is 241 cm³/mol. The standard InChI is InChI=1S/C53H35N3OS/c1-53(2)41-23-13-24-44-49(41)57-50-42(53)28-26-33-18-12-22-38(46(33)50)40-31-36(27-29-43(40)56(44)37-20-11-19-35(30-37)32-14-5-3-6-15-32)52-54-47(34-16-7-4-8-17-34)51-48(55-52)39-21-9-10-25-45(39)58-51/h3-31H,1-2H3. The van der Waals surface area contributed by atoms with Crippen LogP contribution >= 0.6 is 11.3 Å². The monoisotopic (exact) mass is 761 g/mol. The summed E-state index contributed by atoms with van der Waals surface area (Å²) in [4.78, 5) is 13.2. The highest BCUT2D eigenvalue weighted by Crippen LogP contribution is 2.59. The van der Waals surface area contributed by atoms with Crippen molar-refractivity contribution in [3.8, 4) is 56.4 Å². The molecule has 0 saturated heterocycles. The van der Waals surface area contributed by atoms with Crippen LogP contribution in [0.15, 0.2) is 176 Å². The van der Waals surface area contributed by atoms with Gasteiger partial charge in [-0.05, 0) is 64.5 Å². The fourth-order valence-corrected chi connectivity index (χ4v) is 10.3. The van der Waals surface area contributed by atoms with E-state index < -0.39 is 0 Å². The fourth-order valence-electron chi connectivity index (χ4n) is 9.18. The number of aromatic nitrogens is 2. The van der Waals surface area contributed by atoms with Crippen LogP contribution in [0.25, 0.3) is 76.0 Å². The minimum Gasteiger partial charge on any atom is -0.454 e. The number of ether oxygens (including phenoxy) is 1. The molecule has 0 amide bonds. The number of hydrogen-bond donors (Lipinski definition) is 0. The van der Waals surface area contributed by atoms with Gasteiger partial charge in [0.1, 0.15) is 5.75 Å². The molecule has 4 heterocycles. The molecule has 0 fully saturated rings. The zero-order valence-corrected chi connectivity index (χ0v) is 32.7. The van der Waals surface area contributed by atoms with Crippen LogP contribution in [0, 0.1) is 0 Å². The number of benzene rings is 8. The quantitative estimate of drug-likeness (QED) is 0.179. The van der Waals surface area contributed by atoms with Crippen molar-refractivity contribution >= 4 is 59.5 Å². The number of nitrogens with zero attached hydrogens (tertiary/aromatic N) is 3. The number of rotatable bonds is 4. The highest BCUT2D eigenvalue weighted by atomic mass is 32.1. The van der Waals surface area contributed by atoms with Crippen LogP contribution in [0.4, 0.5) is 17.1 Å². The molecular weight excluding hydrogens is 727 g/mol. The van der Waals surface area contributed by atoms with Crippen molar-refractivity contribution in [1.82, 2.24) is 9.97 Å². The van der Waals surface area contributed by atoms with E-state index in [1.54, 1.807) is 11.3 Å². The van der Waals surface area contributed by atoms with Gasteiger partial charge in [-0.1, -0.05) is 147 Å². The zero-order valence-electron chi connectivity index (χ0n) is 31.9. The normalized spacial score (nSPS) is 13.6. The Bertz CT molecular complexity index is 3300. The lowest BCUT2D eigenvalue weighted by Crippen LogP contribution is -2.25. The van der Waals surface area contributed by atoms with Crippen LogP contribution in [0.5, 0.6) is 11.5 Å². The largest absolute Gasteiger partial charge is 0.454 e. The molecule has 0 atom stereocenters. The van der Waals surface area contributed by atoms with Gasteiger partial charge in [-0.15, -0.1) is 11.3 Å². The van der Waals surface area contributed by atoms with E-state index in [4.69, 9.17) is 14.7 Å². The summed E-state index contributed by atoms with van der Waals surface area (Å²) in [6.45, 7) is 4.64. The Balaban J connectivity index is 1.18. The molecule has 5 heteroatoms. The molecule has 0 radical (unpaired) electrons. The van der Waals surface area contributed by atoms with Crippen molar-refractivity contribution in [1.29, 1.82) is 0 Å². The van der Waals surface area contributed by atoms with Gasteiger partial charge in [0.15, 0.2) is 11.6 Å². The highest BCUT2D eigenvalue weighted by molar-refractivity contribution is 7.26. The van der Waals surface area contributed by atoms with Gasteiger partial charge in [0.25, 0.3) is 0 Å². The predicted octanol–water partition coefficient (Wildman–Crippen LogP) is 14.9. The summed E-state index contributed by atoms with van der Waals surface area (Å²) in [6, 6.07) is 63.0.